The van der Waals surface area contributed by atoms with E-state index in [0.717, 1.165) is 4.31 Å². The highest BCUT2D eigenvalue weighted by molar-refractivity contribution is 7.92. The van der Waals surface area contributed by atoms with Crippen LogP contribution in [0.1, 0.15) is 0 Å². The van der Waals surface area contributed by atoms with Gasteiger partial charge in [-0.3, -0.25) is 9.10 Å². The number of sulfonamides is 1. The van der Waals surface area contributed by atoms with Crippen LogP contribution in [-0.4, -0.2) is 49.3 Å². The normalized spacial score (nSPS) is 10.9. The summed E-state index contributed by atoms with van der Waals surface area (Å²) in [6.45, 7) is -0.529. The summed E-state index contributed by atoms with van der Waals surface area (Å²) >= 11 is 5.99. The largest absolute Gasteiger partial charge is 0.497 e. The van der Waals surface area contributed by atoms with E-state index in [4.69, 9.17) is 30.5 Å². The molecule has 0 heterocycles. The fourth-order valence-corrected chi connectivity index (χ4v) is 4.82. The van der Waals surface area contributed by atoms with Crippen molar-refractivity contribution >= 4 is 38.9 Å². The molecule has 3 aromatic rings. The summed E-state index contributed by atoms with van der Waals surface area (Å²) in [5.74, 6) is 0.881. The third-order valence-electron chi connectivity index (χ3n) is 5.03. The van der Waals surface area contributed by atoms with Crippen LogP contribution in [0.5, 0.6) is 23.0 Å². The van der Waals surface area contributed by atoms with Crippen molar-refractivity contribution in [2.24, 2.45) is 0 Å². The highest BCUT2D eigenvalue weighted by atomic mass is 35.5. The van der Waals surface area contributed by atoms with E-state index in [9.17, 15) is 13.2 Å². The Labute approximate surface area is 209 Å². The topological polar surface area (TPSA) is 103 Å². The zero-order valence-corrected chi connectivity index (χ0v) is 21.1. The standard InChI is InChI=1S/C24H25ClN2O7S/c1-31-18-9-11-21(32-2)20(13-18)26-24(28)15-27(17-7-5-16(25)6-8-17)35(29,30)19-10-12-22(33-3)23(14-19)34-4/h5-14H,15H2,1-4H3,(H,26,28). The lowest BCUT2D eigenvalue weighted by atomic mass is 10.2. The number of halogens is 1. The van der Waals surface area contributed by atoms with Gasteiger partial charge in [0.05, 0.1) is 44.7 Å². The molecule has 0 aliphatic heterocycles. The van der Waals surface area contributed by atoms with Gasteiger partial charge in [0.15, 0.2) is 11.5 Å². The van der Waals surface area contributed by atoms with Gasteiger partial charge in [-0.1, -0.05) is 11.6 Å². The highest BCUT2D eigenvalue weighted by Crippen LogP contribution is 2.33. The van der Waals surface area contributed by atoms with Gasteiger partial charge in [0, 0.05) is 17.2 Å². The molecule has 0 spiro atoms. The molecule has 11 heteroatoms. The number of hydrogen-bond acceptors (Lipinski definition) is 7. The first-order valence-electron chi connectivity index (χ1n) is 10.3. The third kappa shape index (κ3) is 5.90. The maximum atomic E-state index is 13.7. The molecule has 3 aromatic carbocycles. The van der Waals surface area contributed by atoms with Crippen molar-refractivity contribution in [2.75, 3.05) is 44.6 Å². The van der Waals surface area contributed by atoms with Crippen molar-refractivity contribution in [3.05, 3.63) is 65.7 Å². The molecule has 9 nitrogen and oxygen atoms in total. The Hall–Kier alpha value is -3.63. The van der Waals surface area contributed by atoms with E-state index in [2.05, 4.69) is 5.32 Å². The molecule has 1 amide bonds. The average molecular weight is 521 g/mol. The first-order valence-corrected chi connectivity index (χ1v) is 12.1. The van der Waals surface area contributed by atoms with E-state index >= 15 is 0 Å². The van der Waals surface area contributed by atoms with Crippen molar-refractivity contribution < 1.29 is 32.2 Å². The fourth-order valence-electron chi connectivity index (χ4n) is 3.26. The minimum absolute atomic E-state index is 0.0862. The van der Waals surface area contributed by atoms with Crippen LogP contribution in [0.15, 0.2) is 65.6 Å². The van der Waals surface area contributed by atoms with Gasteiger partial charge in [0.2, 0.25) is 5.91 Å². The fraction of sp³-hybridized carbons (Fsp3) is 0.208. The van der Waals surface area contributed by atoms with Gasteiger partial charge in [-0.25, -0.2) is 8.42 Å². The first kappa shape index (κ1) is 26.0. The summed E-state index contributed by atoms with van der Waals surface area (Å²) < 4.78 is 49.3. The second-order valence-electron chi connectivity index (χ2n) is 7.12. The second-order valence-corrected chi connectivity index (χ2v) is 9.42. The summed E-state index contributed by atoms with van der Waals surface area (Å²) in [6, 6.07) is 15.2. The Balaban J connectivity index is 2.00. The average Bonchev–Trinajstić information content (AvgIpc) is 2.87. The minimum atomic E-state index is -4.20. The molecular weight excluding hydrogens is 496 g/mol. The zero-order chi connectivity index (χ0) is 25.6. The van der Waals surface area contributed by atoms with Gasteiger partial charge in [-0.15, -0.1) is 0 Å². The number of methoxy groups -OCH3 is 4. The Morgan fingerprint density at radius 3 is 2.06 bits per heavy atom. The van der Waals surface area contributed by atoms with Crippen LogP contribution in [0.4, 0.5) is 11.4 Å². The number of amides is 1. The zero-order valence-electron chi connectivity index (χ0n) is 19.6. The summed E-state index contributed by atoms with van der Waals surface area (Å²) in [6.07, 6.45) is 0. The smallest absolute Gasteiger partial charge is 0.264 e. The Bertz CT molecular complexity index is 1300. The Morgan fingerprint density at radius 1 is 0.829 bits per heavy atom. The minimum Gasteiger partial charge on any atom is -0.497 e. The number of hydrogen-bond donors (Lipinski definition) is 1. The van der Waals surface area contributed by atoms with E-state index in [1.54, 1.807) is 18.2 Å². The van der Waals surface area contributed by atoms with Crippen LogP contribution < -0.4 is 28.6 Å². The SMILES string of the molecule is COc1ccc(OC)c(NC(=O)CN(c2ccc(Cl)cc2)S(=O)(=O)c2ccc(OC)c(OC)c2)c1. The maximum Gasteiger partial charge on any atom is 0.264 e. The molecule has 0 bridgehead atoms. The van der Waals surface area contributed by atoms with Crippen molar-refractivity contribution in [1.82, 2.24) is 0 Å². The van der Waals surface area contributed by atoms with Crippen molar-refractivity contribution in [3.8, 4) is 23.0 Å². The van der Waals surface area contributed by atoms with Crippen LogP contribution in [-0.2, 0) is 14.8 Å². The molecular formula is C24H25ClN2O7S. The molecule has 0 aliphatic rings. The number of anilines is 2. The van der Waals surface area contributed by atoms with E-state index in [-0.39, 0.29) is 16.3 Å². The molecule has 35 heavy (non-hydrogen) atoms. The van der Waals surface area contributed by atoms with E-state index in [1.807, 2.05) is 0 Å². The lowest BCUT2D eigenvalue weighted by molar-refractivity contribution is -0.114. The molecule has 0 unspecified atom stereocenters. The molecule has 0 aliphatic carbocycles. The molecule has 0 fully saturated rings. The van der Waals surface area contributed by atoms with Crippen molar-refractivity contribution in [1.29, 1.82) is 0 Å². The number of rotatable bonds is 10. The number of carbonyl (C=O) groups is 1. The summed E-state index contributed by atoms with van der Waals surface area (Å²) in [4.78, 5) is 13.0. The van der Waals surface area contributed by atoms with Crippen LogP contribution >= 0.6 is 11.6 Å². The van der Waals surface area contributed by atoms with Crippen LogP contribution in [0, 0.1) is 0 Å². The number of nitrogens with zero attached hydrogens (tertiary/aromatic N) is 1. The molecule has 0 saturated carbocycles. The predicted octanol–water partition coefficient (Wildman–Crippen LogP) is 4.21. The summed E-state index contributed by atoms with van der Waals surface area (Å²) in [5.41, 5.74) is 0.577. The predicted molar refractivity (Wildman–Crippen MR) is 134 cm³/mol. The van der Waals surface area contributed by atoms with Crippen LogP contribution in [0.25, 0.3) is 0 Å². The summed E-state index contributed by atoms with van der Waals surface area (Å²) in [7, 11) is 1.60. The lowest BCUT2D eigenvalue weighted by Crippen LogP contribution is -2.38. The lowest BCUT2D eigenvalue weighted by Gasteiger charge is -2.25. The summed E-state index contributed by atoms with van der Waals surface area (Å²) in [5, 5.41) is 3.11. The van der Waals surface area contributed by atoms with Crippen LogP contribution in [0.2, 0.25) is 5.02 Å². The molecule has 1 N–H and O–H groups in total. The molecule has 3 rings (SSSR count). The quantitative estimate of drug-likeness (QED) is 0.427. The first-order chi connectivity index (χ1) is 16.7. The van der Waals surface area contributed by atoms with Gasteiger partial charge >= 0.3 is 0 Å². The van der Waals surface area contributed by atoms with Gasteiger partial charge in [-0.05, 0) is 48.5 Å². The van der Waals surface area contributed by atoms with Crippen molar-refractivity contribution in [2.45, 2.75) is 4.90 Å². The van der Waals surface area contributed by atoms with Crippen molar-refractivity contribution in [3.63, 3.8) is 0 Å². The highest BCUT2D eigenvalue weighted by Gasteiger charge is 2.29. The van der Waals surface area contributed by atoms with E-state index in [0.29, 0.717) is 28.0 Å². The Morgan fingerprint density at radius 2 is 1.46 bits per heavy atom. The molecule has 0 saturated heterocycles. The molecule has 0 aromatic heterocycles. The van der Waals surface area contributed by atoms with E-state index in [1.165, 1.54) is 70.9 Å². The van der Waals surface area contributed by atoms with Crippen LogP contribution in [0.3, 0.4) is 0 Å². The monoisotopic (exact) mass is 520 g/mol. The Kier molecular flexibility index (Phi) is 8.31. The second kappa shape index (κ2) is 11.2. The van der Waals surface area contributed by atoms with Gasteiger partial charge < -0.3 is 24.3 Å². The number of nitrogens with one attached hydrogen (secondary N) is 1. The molecule has 0 radical (unpaired) electrons. The molecule has 186 valence electrons. The maximum absolute atomic E-state index is 13.7. The third-order valence-corrected chi connectivity index (χ3v) is 7.05. The number of carbonyl (C=O) groups excluding carboxylic acids is 1. The number of ether oxygens (including phenoxy) is 4. The van der Waals surface area contributed by atoms with Gasteiger partial charge in [0.1, 0.15) is 18.0 Å². The van der Waals surface area contributed by atoms with E-state index < -0.39 is 22.5 Å². The molecule has 0 atom stereocenters. The number of benzene rings is 3. The van der Waals surface area contributed by atoms with Gasteiger partial charge in [0.25, 0.3) is 10.0 Å². The van der Waals surface area contributed by atoms with Gasteiger partial charge in [-0.2, -0.15) is 0 Å².